The van der Waals surface area contributed by atoms with Crippen LogP contribution in [0.4, 0.5) is 0 Å². The van der Waals surface area contributed by atoms with Gasteiger partial charge >= 0.3 is 0 Å². The molecular formula is C13H16N2. The summed E-state index contributed by atoms with van der Waals surface area (Å²) in [6.07, 6.45) is 3.39. The lowest BCUT2D eigenvalue weighted by molar-refractivity contribution is 0.253. The fourth-order valence-electron chi connectivity index (χ4n) is 2.61. The number of nitrogens with one attached hydrogen (secondary N) is 1. The largest absolute Gasteiger partial charge is 0.361 e. The topological polar surface area (TPSA) is 19.0 Å². The van der Waals surface area contributed by atoms with Crippen LogP contribution in [-0.2, 0) is 13.1 Å². The van der Waals surface area contributed by atoms with E-state index in [1.54, 1.807) is 0 Å². The molecule has 0 saturated heterocycles. The van der Waals surface area contributed by atoms with E-state index in [9.17, 15) is 0 Å². The van der Waals surface area contributed by atoms with Gasteiger partial charge in [-0.1, -0.05) is 19.1 Å². The van der Waals surface area contributed by atoms with Gasteiger partial charge in [-0.15, -0.1) is 0 Å². The smallest absolute Gasteiger partial charge is 0.0460 e. The number of aromatic nitrogens is 1. The van der Waals surface area contributed by atoms with E-state index in [4.69, 9.17) is 0 Å². The van der Waals surface area contributed by atoms with Crippen LogP contribution in [0.1, 0.15) is 24.5 Å². The number of hydrogen-bond donors (Lipinski definition) is 1. The molecule has 0 bridgehead atoms. The predicted molar refractivity (Wildman–Crippen MR) is 62.7 cm³/mol. The first-order chi connectivity index (χ1) is 7.38. The van der Waals surface area contributed by atoms with Crippen LogP contribution in [0.5, 0.6) is 0 Å². The van der Waals surface area contributed by atoms with E-state index in [-0.39, 0.29) is 0 Å². The van der Waals surface area contributed by atoms with E-state index in [2.05, 4.69) is 41.2 Å². The lowest BCUT2D eigenvalue weighted by Gasteiger charge is -2.26. The highest BCUT2D eigenvalue weighted by Crippen LogP contribution is 2.29. The van der Waals surface area contributed by atoms with Crippen molar-refractivity contribution in [1.29, 1.82) is 0 Å². The fraction of sp³-hybridized carbons (Fsp3) is 0.385. The quantitative estimate of drug-likeness (QED) is 0.789. The van der Waals surface area contributed by atoms with Crippen molar-refractivity contribution in [3.05, 3.63) is 35.5 Å². The van der Waals surface area contributed by atoms with Crippen LogP contribution in [-0.4, -0.2) is 16.4 Å². The molecule has 1 aromatic heterocycles. The van der Waals surface area contributed by atoms with Crippen molar-refractivity contribution in [2.24, 2.45) is 0 Å². The molecule has 0 spiro atoms. The van der Waals surface area contributed by atoms with Gasteiger partial charge in [0.15, 0.2) is 0 Å². The summed E-state index contributed by atoms with van der Waals surface area (Å²) in [5, 5.41) is 1.46. The van der Waals surface area contributed by atoms with E-state index in [1.807, 2.05) is 0 Å². The van der Waals surface area contributed by atoms with Gasteiger partial charge in [0.25, 0.3) is 0 Å². The highest BCUT2D eigenvalue weighted by molar-refractivity contribution is 5.87. The number of H-pyrrole nitrogens is 1. The summed E-state index contributed by atoms with van der Waals surface area (Å²) >= 11 is 0. The molecule has 1 N–H and O–H groups in total. The molecule has 78 valence electrons. The minimum atomic E-state index is 1.10. The molecule has 0 saturated carbocycles. The van der Waals surface area contributed by atoms with Crippen molar-refractivity contribution < 1.29 is 0 Å². The van der Waals surface area contributed by atoms with Crippen molar-refractivity contribution in [3.63, 3.8) is 0 Å². The van der Waals surface area contributed by atoms with Crippen molar-refractivity contribution in [3.8, 4) is 0 Å². The summed E-state index contributed by atoms with van der Waals surface area (Å²) in [7, 11) is 0. The van der Waals surface area contributed by atoms with Gasteiger partial charge in [-0.25, -0.2) is 0 Å². The summed E-state index contributed by atoms with van der Waals surface area (Å²) in [5.41, 5.74) is 4.22. The van der Waals surface area contributed by atoms with Crippen LogP contribution in [0.2, 0.25) is 0 Å². The zero-order valence-corrected chi connectivity index (χ0v) is 9.09. The third kappa shape index (κ3) is 1.37. The van der Waals surface area contributed by atoms with Crippen molar-refractivity contribution >= 4 is 10.9 Å². The molecular weight excluding hydrogens is 184 g/mol. The maximum atomic E-state index is 3.36. The molecule has 0 atom stereocenters. The normalized spacial score (nSPS) is 16.1. The Kier molecular flexibility index (Phi) is 2.03. The Balaban J connectivity index is 2.08. The second-order valence-corrected chi connectivity index (χ2v) is 4.36. The number of benzene rings is 1. The van der Waals surface area contributed by atoms with E-state index in [0.29, 0.717) is 0 Å². The van der Waals surface area contributed by atoms with Gasteiger partial charge in [-0.2, -0.15) is 0 Å². The molecule has 0 amide bonds. The van der Waals surface area contributed by atoms with Gasteiger partial charge in [-0.3, -0.25) is 4.90 Å². The molecule has 1 aliphatic rings. The second-order valence-electron chi connectivity index (χ2n) is 4.36. The van der Waals surface area contributed by atoms with Crippen LogP contribution in [0.3, 0.4) is 0 Å². The van der Waals surface area contributed by atoms with Crippen LogP contribution >= 0.6 is 0 Å². The highest BCUT2D eigenvalue weighted by Gasteiger charge is 2.18. The third-order valence-electron chi connectivity index (χ3n) is 3.20. The number of hydrogen-bond acceptors (Lipinski definition) is 1. The van der Waals surface area contributed by atoms with Gasteiger partial charge in [0.05, 0.1) is 0 Å². The minimum Gasteiger partial charge on any atom is -0.361 e. The third-order valence-corrected chi connectivity index (χ3v) is 3.20. The molecule has 15 heavy (non-hydrogen) atoms. The summed E-state index contributed by atoms with van der Waals surface area (Å²) in [6, 6.07) is 6.56. The van der Waals surface area contributed by atoms with E-state index >= 15 is 0 Å². The number of aromatic amines is 1. The maximum Gasteiger partial charge on any atom is 0.0460 e. The van der Waals surface area contributed by atoms with Crippen LogP contribution in [0.25, 0.3) is 10.9 Å². The SMILES string of the molecule is CCCN1Cc2cccc3[nH]cc(c23)C1. The molecule has 0 aliphatic carbocycles. The Morgan fingerprint density at radius 2 is 2.13 bits per heavy atom. The maximum absolute atomic E-state index is 3.36. The van der Waals surface area contributed by atoms with Crippen molar-refractivity contribution in [1.82, 2.24) is 9.88 Å². The van der Waals surface area contributed by atoms with Gasteiger partial charge in [0, 0.05) is 30.2 Å². The van der Waals surface area contributed by atoms with Gasteiger partial charge in [-0.05, 0) is 30.2 Å². The lowest BCUT2D eigenvalue weighted by Crippen LogP contribution is -2.26. The zero-order chi connectivity index (χ0) is 10.3. The first-order valence-electron chi connectivity index (χ1n) is 5.68. The van der Waals surface area contributed by atoms with Crippen LogP contribution in [0.15, 0.2) is 24.4 Å². The summed E-state index contributed by atoms with van der Waals surface area (Å²) < 4.78 is 0. The van der Waals surface area contributed by atoms with Gasteiger partial charge in [0.1, 0.15) is 0 Å². The number of nitrogens with zero attached hydrogens (tertiary/aromatic N) is 1. The molecule has 0 fully saturated rings. The molecule has 1 aliphatic heterocycles. The minimum absolute atomic E-state index is 1.10. The molecule has 3 rings (SSSR count). The molecule has 2 heterocycles. The predicted octanol–water partition coefficient (Wildman–Crippen LogP) is 2.89. The first kappa shape index (κ1) is 8.98. The Bertz CT molecular complexity index is 484. The van der Waals surface area contributed by atoms with E-state index in [0.717, 1.165) is 13.1 Å². The van der Waals surface area contributed by atoms with Crippen LogP contribution < -0.4 is 0 Å². The average molecular weight is 200 g/mol. The highest BCUT2D eigenvalue weighted by atomic mass is 15.1. The molecule has 0 unspecified atom stereocenters. The molecule has 2 nitrogen and oxygen atoms in total. The van der Waals surface area contributed by atoms with Crippen LogP contribution in [0, 0.1) is 0 Å². The molecule has 2 heteroatoms. The standard InChI is InChI=1S/C13H16N2/c1-2-6-15-8-10-4-3-5-12-13(10)11(9-15)7-14-12/h3-5,7,14H,2,6,8-9H2,1H3. The zero-order valence-electron chi connectivity index (χ0n) is 9.09. The Labute approximate surface area is 89.9 Å². The second kappa shape index (κ2) is 3.38. The molecule has 2 aromatic rings. The lowest BCUT2D eigenvalue weighted by atomic mass is 10.0. The van der Waals surface area contributed by atoms with Gasteiger partial charge in [0.2, 0.25) is 0 Å². The van der Waals surface area contributed by atoms with E-state index in [1.165, 1.54) is 35.0 Å². The Hall–Kier alpha value is -1.28. The average Bonchev–Trinajstić information content (AvgIpc) is 2.64. The molecule has 1 aromatic carbocycles. The summed E-state index contributed by atoms with van der Waals surface area (Å²) in [4.78, 5) is 5.87. The Morgan fingerprint density at radius 3 is 3.00 bits per heavy atom. The monoisotopic (exact) mass is 200 g/mol. The van der Waals surface area contributed by atoms with Gasteiger partial charge < -0.3 is 4.98 Å². The summed E-state index contributed by atoms with van der Waals surface area (Å²) in [5.74, 6) is 0. The van der Waals surface area contributed by atoms with Crippen molar-refractivity contribution in [2.75, 3.05) is 6.54 Å². The first-order valence-corrected chi connectivity index (χ1v) is 5.68. The summed E-state index contributed by atoms with van der Waals surface area (Å²) in [6.45, 7) is 5.65. The van der Waals surface area contributed by atoms with E-state index < -0.39 is 0 Å². The molecule has 0 radical (unpaired) electrons. The van der Waals surface area contributed by atoms with Crippen molar-refractivity contribution in [2.45, 2.75) is 26.4 Å². The number of rotatable bonds is 2. The fourth-order valence-corrected chi connectivity index (χ4v) is 2.61. The Morgan fingerprint density at radius 1 is 1.27 bits per heavy atom.